The van der Waals surface area contributed by atoms with Gasteiger partial charge in [0.25, 0.3) is 5.91 Å². The highest BCUT2D eigenvalue weighted by Gasteiger charge is 2.19. The second-order valence-electron chi connectivity index (χ2n) is 9.32. The van der Waals surface area contributed by atoms with Crippen LogP contribution in [0.15, 0.2) is 41.3 Å². The smallest absolute Gasteiger partial charge is 0.276 e. The lowest BCUT2D eigenvalue weighted by Gasteiger charge is -2.16. The van der Waals surface area contributed by atoms with Gasteiger partial charge in [-0.25, -0.2) is 13.9 Å². The normalized spacial score (nSPS) is 11.3. The van der Waals surface area contributed by atoms with E-state index in [0.29, 0.717) is 11.4 Å². The molecular weight excluding hydrogens is 476 g/mol. The number of ether oxygens (including phenoxy) is 1. The Kier molecular flexibility index (Phi) is 12.8. The highest BCUT2D eigenvalue weighted by molar-refractivity contribution is 7.91. The van der Waals surface area contributed by atoms with Crippen LogP contribution in [0.2, 0.25) is 0 Å². The van der Waals surface area contributed by atoms with E-state index in [0.717, 1.165) is 30.4 Å². The quantitative estimate of drug-likeness (QED) is 0.127. The highest BCUT2D eigenvalue weighted by Crippen LogP contribution is 2.26. The van der Waals surface area contributed by atoms with Crippen LogP contribution in [-0.4, -0.2) is 32.5 Å². The zero-order valence-corrected chi connectivity index (χ0v) is 22.8. The number of benzene rings is 2. The van der Waals surface area contributed by atoms with E-state index in [1.54, 1.807) is 23.7 Å². The van der Waals surface area contributed by atoms with Crippen molar-refractivity contribution in [2.75, 3.05) is 18.3 Å². The number of hydrogen-bond donors (Lipinski definition) is 3. The van der Waals surface area contributed by atoms with Crippen molar-refractivity contribution in [3.8, 4) is 5.75 Å². The third-order valence-corrected chi connectivity index (χ3v) is 7.93. The Labute approximate surface area is 216 Å². The van der Waals surface area contributed by atoms with Crippen molar-refractivity contribution < 1.29 is 23.2 Å². The third-order valence-electron chi connectivity index (χ3n) is 6.42. The summed E-state index contributed by atoms with van der Waals surface area (Å²) in [5, 5.41) is 12.2. The van der Waals surface area contributed by atoms with Crippen LogP contribution < -0.4 is 15.5 Å². The molecule has 7 nitrogen and oxygen atoms in total. The molecule has 2 rings (SSSR count). The second-order valence-corrected chi connectivity index (χ2v) is 11.3. The Morgan fingerprint density at radius 2 is 1.50 bits per heavy atom. The van der Waals surface area contributed by atoms with Gasteiger partial charge in [-0.3, -0.25) is 10.0 Å². The van der Waals surface area contributed by atoms with Crippen LogP contribution in [0.3, 0.4) is 0 Å². The molecule has 0 aliphatic heterocycles. The summed E-state index contributed by atoms with van der Waals surface area (Å²) in [7, 11) is -2.14. The monoisotopic (exact) mass is 518 g/mol. The van der Waals surface area contributed by atoms with Crippen LogP contribution in [0.1, 0.15) is 92.6 Å². The van der Waals surface area contributed by atoms with Crippen molar-refractivity contribution >= 4 is 21.4 Å². The van der Waals surface area contributed by atoms with E-state index in [2.05, 4.69) is 12.2 Å². The third kappa shape index (κ3) is 9.47. The SMILES string of the molecule is CCCCCCCCCCCCc1cc(C)c(NCS(=O)(=O)c2ccc(OC)cc2)c(C(=O)NO)c1. The van der Waals surface area contributed by atoms with Crippen LogP contribution in [0.4, 0.5) is 5.69 Å². The van der Waals surface area contributed by atoms with Gasteiger partial charge in [-0.2, -0.15) is 0 Å². The van der Waals surface area contributed by atoms with Gasteiger partial charge in [-0.05, 0) is 61.2 Å². The van der Waals surface area contributed by atoms with E-state index in [-0.39, 0.29) is 16.3 Å². The lowest BCUT2D eigenvalue weighted by molar-refractivity contribution is 0.0707. The van der Waals surface area contributed by atoms with Crippen molar-refractivity contribution in [3.05, 3.63) is 53.1 Å². The molecule has 2 aromatic carbocycles. The van der Waals surface area contributed by atoms with E-state index in [9.17, 15) is 18.4 Å². The molecule has 0 radical (unpaired) electrons. The Bertz CT molecular complexity index is 1050. The first-order chi connectivity index (χ1) is 17.3. The average molecular weight is 519 g/mol. The van der Waals surface area contributed by atoms with E-state index >= 15 is 0 Å². The summed E-state index contributed by atoms with van der Waals surface area (Å²) in [6.07, 6.45) is 13.4. The van der Waals surface area contributed by atoms with Crippen molar-refractivity contribution in [2.24, 2.45) is 0 Å². The molecule has 0 aromatic heterocycles. The maximum absolute atomic E-state index is 12.8. The molecule has 0 aliphatic rings. The number of rotatable bonds is 17. The number of hydroxylamine groups is 1. The number of methoxy groups -OCH3 is 1. The molecule has 2 aromatic rings. The fourth-order valence-electron chi connectivity index (χ4n) is 4.33. The van der Waals surface area contributed by atoms with Gasteiger partial charge in [0.05, 0.1) is 23.3 Å². The number of aryl methyl sites for hydroxylation is 2. The number of carbonyl (C=O) groups is 1. The minimum absolute atomic E-state index is 0.152. The predicted octanol–water partition coefficient (Wildman–Crippen LogP) is 6.43. The predicted molar refractivity (Wildman–Crippen MR) is 145 cm³/mol. The van der Waals surface area contributed by atoms with E-state index in [1.807, 2.05) is 13.0 Å². The summed E-state index contributed by atoms with van der Waals surface area (Å²) < 4.78 is 30.7. The maximum Gasteiger partial charge on any atom is 0.276 e. The average Bonchev–Trinajstić information content (AvgIpc) is 2.88. The van der Waals surface area contributed by atoms with Crippen molar-refractivity contribution in [3.63, 3.8) is 0 Å². The molecule has 3 N–H and O–H groups in total. The number of carbonyl (C=O) groups excluding carboxylic acids is 1. The van der Waals surface area contributed by atoms with Crippen molar-refractivity contribution in [2.45, 2.75) is 89.4 Å². The van der Waals surface area contributed by atoms with Crippen LogP contribution in [-0.2, 0) is 16.3 Å². The van der Waals surface area contributed by atoms with Crippen LogP contribution in [0.25, 0.3) is 0 Å². The van der Waals surface area contributed by atoms with E-state index in [1.165, 1.54) is 70.6 Å². The van der Waals surface area contributed by atoms with Gasteiger partial charge in [0.15, 0.2) is 9.84 Å². The molecule has 0 fully saturated rings. The van der Waals surface area contributed by atoms with Gasteiger partial charge < -0.3 is 10.1 Å². The number of unbranched alkanes of at least 4 members (excludes halogenated alkanes) is 9. The van der Waals surface area contributed by atoms with Crippen LogP contribution in [0, 0.1) is 6.92 Å². The van der Waals surface area contributed by atoms with Gasteiger partial charge in [0.1, 0.15) is 11.6 Å². The summed E-state index contributed by atoms with van der Waals surface area (Å²) in [5.41, 5.74) is 4.05. The fraction of sp³-hybridized carbons (Fsp3) is 0.536. The zero-order valence-electron chi connectivity index (χ0n) is 21.9. The number of sulfone groups is 1. The van der Waals surface area contributed by atoms with E-state index in [4.69, 9.17) is 4.74 Å². The highest BCUT2D eigenvalue weighted by atomic mass is 32.2. The molecule has 0 bridgehead atoms. The fourth-order valence-corrected chi connectivity index (χ4v) is 5.38. The second kappa shape index (κ2) is 15.5. The Morgan fingerprint density at radius 1 is 0.917 bits per heavy atom. The Hall–Kier alpha value is -2.58. The standard InChI is InChI=1S/C28H42N2O5S/c1-4-5-6-7-8-9-10-11-12-13-14-23-19-22(2)27(26(20-23)28(31)30-32)29-21-36(33,34)25-17-15-24(35-3)16-18-25/h15-20,29,32H,4-14,21H2,1-3H3,(H,30,31). The largest absolute Gasteiger partial charge is 0.497 e. The summed E-state index contributed by atoms with van der Waals surface area (Å²) in [6, 6.07) is 9.86. The van der Waals surface area contributed by atoms with Crippen LogP contribution >= 0.6 is 0 Å². The first kappa shape index (κ1) is 29.6. The number of anilines is 1. The first-order valence-electron chi connectivity index (χ1n) is 13.0. The Morgan fingerprint density at radius 3 is 2.06 bits per heavy atom. The molecular formula is C28H42N2O5S. The van der Waals surface area contributed by atoms with Gasteiger partial charge in [-0.15, -0.1) is 0 Å². The molecule has 36 heavy (non-hydrogen) atoms. The maximum atomic E-state index is 12.8. The molecule has 200 valence electrons. The molecule has 0 spiro atoms. The number of nitrogens with one attached hydrogen (secondary N) is 2. The molecule has 0 heterocycles. The number of hydrogen-bond acceptors (Lipinski definition) is 6. The van der Waals surface area contributed by atoms with Crippen LogP contribution in [0.5, 0.6) is 5.75 Å². The summed E-state index contributed by atoms with van der Waals surface area (Å²) in [5.74, 6) is -0.492. The molecule has 0 aliphatic carbocycles. The Balaban J connectivity index is 1.96. The number of amides is 1. The molecule has 8 heteroatoms. The van der Waals surface area contributed by atoms with E-state index < -0.39 is 15.7 Å². The topological polar surface area (TPSA) is 105 Å². The first-order valence-corrected chi connectivity index (χ1v) is 14.7. The van der Waals surface area contributed by atoms with Gasteiger partial charge >= 0.3 is 0 Å². The van der Waals surface area contributed by atoms with Gasteiger partial charge in [0, 0.05) is 0 Å². The minimum Gasteiger partial charge on any atom is -0.497 e. The van der Waals surface area contributed by atoms with Gasteiger partial charge in [-0.1, -0.05) is 70.8 Å². The zero-order chi connectivity index (χ0) is 26.4. The summed E-state index contributed by atoms with van der Waals surface area (Å²) in [6.45, 7) is 4.07. The molecule has 0 unspecified atom stereocenters. The lowest BCUT2D eigenvalue weighted by Crippen LogP contribution is -2.23. The summed E-state index contributed by atoms with van der Waals surface area (Å²) in [4.78, 5) is 12.5. The van der Waals surface area contributed by atoms with Crippen molar-refractivity contribution in [1.82, 2.24) is 5.48 Å². The van der Waals surface area contributed by atoms with Gasteiger partial charge in [0.2, 0.25) is 0 Å². The molecule has 0 saturated carbocycles. The molecule has 1 amide bonds. The minimum atomic E-state index is -3.65. The van der Waals surface area contributed by atoms with Crippen molar-refractivity contribution in [1.29, 1.82) is 0 Å². The summed E-state index contributed by atoms with van der Waals surface area (Å²) >= 11 is 0. The lowest BCUT2D eigenvalue weighted by atomic mass is 9.98. The molecule has 0 saturated heterocycles. The molecule has 0 atom stereocenters.